The summed E-state index contributed by atoms with van der Waals surface area (Å²) in [6.45, 7) is 11.6. The molecule has 4 aromatic carbocycles. The Hall–Kier alpha value is -3.39. The fourth-order valence-electron chi connectivity index (χ4n) is 5.63. The largest absolute Gasteiger partial charge is 0.436 e. The van der Waals surface area contributed by atoms with Gasteiger partial charge in [-0.1, -0.05) is 89.2 Å². The zero-order valence-corrected chi connectivity index (χ0v) is 20.0. The first kappa shape index (κ1) is 20.2. The predicted octanol–water partition coefficient (Wildman–Crippen LogP) is 8.54. The highest BCUT2D eigenvalue weighted by atomic mass is 16.3. The molecule has 1 aromatic heterocycles. The van der Waals surface area contributed by atoms with E-state index in [-0.39, 0.29) is 10.8 Å². The van der Waals surface area contributed by atoms with Crippen LogP contribution in [0, 0.1) is 5.41 Å². The van der Waals surface area contributed by atoms with Crippen LogP contribution in [0.1, 0.15) is 51.3 Å². The van der Waals surface area contributed by atoms with Gasteiger partial charge in [0.05, 0.1) is 0 Å². The lowest BCUT2D eigenvalue weighted by Crippen LogP contribution is -2.16. The average Bonchev–Trinajstić information content (AvgIpc) is 3.29. The van der Waals surface area contributed by atoms with E-state index in [0.717, 1.165) is 23.1 Å². The van der Waals surface area contributed by atoms with E-state index in [1.54, 1.807) is 0 Å². The van der Waals surface area contributed by atoms with Crippen molar-refractivity contribution in [3.63, 3.8) is 0 Å². The summed E-state index contributed by atoms with van der Waals surface area (Å²) in [7, 11) is 0. The molecule has 0 saturated heterocycles. The molecule has 0 N–H and O–H groups in total. The van der Waals surface area contributed by atoms with E-state index in [9.17, 15) is 0 Å². The molecule has 0 atom stereocenters. The van der Waals surface area contributed by atoms with Gasteiger partial charge in [0.25, 0.3) is 0 Å². The predicted molar refractivity (Wildman–Crippen MR) is 138 cm³/mol. The molecule has 5 aromatic rings. The zero-order chi connectivity index (χ0) is 23.0. The molecule has 0 spiro atoms. The molecule has 2 heteroatoms. The van der Waals surface area contributed by atoms with Crippen molar-refractivity contribution in [1.29, 1.82) is 0 Å². The smallest absolute Gasteiger partial charge is 0.227 e. The first-order chi connectivity index (χ1) is 15.7. The molecule has 0 unspecified atom stereocenters. The Morgan fingerprint density at radius 2 is 1.61 bits per heavy atom. The Morgan fingerprint density at radius 3 is 2.39 bits per heavy atom. The van der Waals surface area contributed by atoms with Crippen LogP contribution in [0.5, 0.6) is 0 Å². The maximum atomic E-state index is 6.31. The minimum absolute atomic E-state index is 0.105. The van der Waals surface area contributed by atoms with Crippen molar-refractivity contribution >= 4 is 21.9 Å². The molecule has 0 aliphatic heterocycles. The number of hydrogen-bond acceptors (Lipinski definition) is 2. The number of para-hydroxylation sites is 2. The van der Waals surface area contributed by atoms with E-state index in [4.69, 9.17) is 9.40 Å². The highest BCUT2D eigenvalue weighted by Gasteiger charge is 2.39. The van der Waals surface area contributed by atoms with E-state index < -0.39 is 0 Å². The summed E-state index contributed by atoms with van der Waals surface area (Å²) in [5.41, 5.74) is 9.66. The first-order valence-electron chi connectivity index (χ1n) is 11.8. The Kier molecular flexibility index (Phi) is 4.17. The van der Waals surface area contributed by atoms with Gasteiger partial charge >= 0.3 is 0 Å². The van der Waals surface area contributed by atoms with Crippen LogP contribution in [0.4, 0.5) is 0 Å². The number of nitrogens with zero attached hydrogens (tertiary/aromatic N) is 1. The van der Waals surface area contributed by atoms with Crippen molar-refractivity contribution < 1.29 is 4.42 Å². The van der Waals surface area contributed by atoms with E-state index >= 15 is 0 Å². The van der Waals surface area contributed by atoms with E-state index in [0.29, 0.717) is 5.89 Å². The summed E-state index contributed by atoms with van der Waals surface area (Å²) in [5, 5.41) is 2.54. The summed E-state index contributed by atoms with van der Waals surface area (Å²) >= 11 is 0. The lowest BCUT2D eigenvalue weighted by molar-refractivity contribution is 0.411. The van der Waals surface area contributed by atoms with E-state index in [1.165, 1.54) is 38.6 Å². The first-order valence-corrected chi connectivity index (χ1v) is 11.8. The van der Waals surface area contributed by atoms with Crippen LogP contribution in [-0.2, 0) is 11.8 Å². The Balaban J connectivity index is 1.70. The van der Waals surface area contributed by atoms with Crippen molar-refractivity contribution in [2.75, 3.05) is 0 Å². The summed E-state index contributed by atoms with van der Waals surface area (Å²) < 4.78 is 6.31. The fourth-order valence-corrected chi connectivity index (χ4v) is 5.63. The molecule has 2 nitrogen and oxygen atoms in total. The molecular weight excluding hydrogens is 402 g/mol. The van der Waals surface area contributed by atoms with Gasteiger partial charge in [0, 0.05) is 11.0 Å². The number of oxazole rings is 1. The molecule has 1 aliphatic rings. The molecule has 0 bridgehead atoms. The Bertz CT molecular complexity index is 1510. The SMILES string of the molecule is CC(C)(C)Cc1ccc2c(c1)-c1c(-c3nc4ccccc4o3)cc3ccccc3c1C2(C)C. The summed E-state index contributed by atoms with van der Waals surface area (Å²) in [6, 6.07) is 26.1. The normalized spacial score (nSPS) is 14.6. The highest BCUT2D eigenvalue weighted by molar-refractivity contribution is 6.04. The lowest BCUT2D eigenvalue weighted by Gasteiger charge is -2.24. The molecular formula is C31H29NO. The molecule has 33 heavy (non-hydrogen) atoms. The van der Waals surface area contributed by atoms with Crippen molar-refractivity contribution in [2.45, 2.75) is 46.5 Å². The number of benzene rings is 4. The van der Waals surface area contributed by atoms with Crippen LogP contribution in [0.15, 0.2) is 77.2 Å². The van der Waals surface area contributed by atoms with Gasteiger partial charge in [0.15, 0.2) is 5.58 Å². The van der Waals surface area contributed by atoms with Crippen LogP contribution in [0.3, 0.4) is 0 Å². The monoisotopic (exact) mass is 431 g/mol. The molecule has 0 radical (unpaired) electrons. The van der Waals surface area contributed by atoms with Gasteiger partial charge in [-0.05, 0) is 68.6 Å². The highest BCUT2D eigenvalue weighted by Crippen LogP contribution is 2.55. The number of rotatable bonds is 2. The second-order valence-corrected chi connectivity index (χ2v) is 11.1. The number of hydrogen-bond donors (Lipinski definition) is 0. The van der Waals surface area contributed by atoms with Crippen molar-refractivity contribution in [1.82, 2.24) is 4.98 Å². The van der Waals surface area contributed by atoms with Gasteiger partial charge < -0.3 is 4.42 Å². The van der Waals surface area contributed by atoms with Crippen LogP contribution < -0.4 is 0 Å². The minimum Gasteiger partial charge on any atom is -0.436 e. The topological polar surface area (TPSA) is 26.0 Å². The second kappa shape index (κ2) is 6.81. The van der Waals surface area contributed by atoms with Gasteiger partial charge in [0.2, 0.25) is 5.89 Å². The van der Waals surface area contributed by atoms with Crippen LogP contribution >= 0.6 is 0 Å². The maximum absolute atomic E-state index is 6.31. The minimum atomic E-state index is -0.105. The van der Waals surface area contributed by atoms with Crippen LogP contribution in [0.25, 0.3) is 44.5 Å². The maximum Gasteiger partial charge on any atom is 0.227 e. The van der Waals surface area contributed by atoms with Crippen molar-refractivity contribution in [2.24, 2.45) is 5.41 Å². The molecule has 164 valence electrons. The van der Waals surface area contributed by atoms with Gasteiger partial charge in [-0.15, -0.1) is 0 Å². The van der Waals surface area contributed by atoms with Crippen LogP contribution in [-0.4, -0.2) is 4.98 Å². The molecule has 1 heterocycles. The quantitative estimate of drug-likeness (QED) is 0.280. The molecule has 0 saturated carbocycles. The third kappa shape index (κ3) is 3.12. The summed E-state index contributed by atoms with van der Waals surface area (Å²) in [5.74, 6) is 0.697. The average molecular weight is 432 g/mol. The number of fused-ring (bicyclic) bond motifs is 6. The van der Waals surface area contributed by atoms with Gasteiger partial charge in [-0.2, -0.15) is 0 Å². The zero-order valence-electron chi connectivity index (χ0n) is 20.0. The molecule has 0 amide bonds. The van der Waals surface area contributed by atoms with E-state index in [1.807, 2.05) is 24.3 Å². The molecule has 1 aliphatic carbocycles. The number of aromatic nitrogens is 1. The molecule has 0 fully saturated rings. The third-order valence-electron chi connectivity index (χ3n) is 6.96. The van der Waals surface area contributed by atoms with E-state index in [2.05, 4.69) is 83.1 Å². The summed E-state index contributed by atoms with van der Waals surface area (Å²) in [4.78, 5) is 4.90. The second-order valence-electron chi connectivity index (χ2n) is 11.1. The van der Waals surface area contributed by atoms with Gasteiger partial charge in [0.1, 0.15) is 5.52 Å². The van der Waals surface area contributed by atoms with Crippen molar-refractivity contribution in [3.8, 4) is 22.6 Å². The lowest BCUT2D eigenvalue weighted by atomic mass is 9.79. The Morgan fingerprint density at radius 1 is 0.848 bits per heavy atom. The van der Waals surface area contributed by atoms with Crippen LogP contribution in [0.2, 0.25) is 0 Å². The van der Waals surface area contributed by atoms with Gasteiger partial charge in [-0.25, -0.2) is 4.98 Å². The third-order valence-corrected chi connectivity index (χ3v) is 6.96. The summed E-state index contributed by atoms with van der Waals surface area (Å²) in [6.07, 6.45) is 1.04. The van der Waals surface area contributed by atoms with Crippen molar-refractivity contribution in [3.05, 3.63) is 89.5 Å². The standard InChI is InChI=1S/C31H29NO/c1-30(2,3)18-19-14-15-24-22(16-19)27-23(29-32-25-12-8-9-13-26(25)33-29)17-20-10-6-7-11-21(20)28(27)31(24,4)5/h6-17H,18H2,1-5H3. The Labute approximate surface area is 195 Å². The van der Waals surface area contributed by atoms with Gasteiger partial charge in [-0.3, -0.25) is 0 Å². The fraction of sp³-hybridized carbons (Fsp3) is 0.258. The molecule has 6 rings (SSSR count).